The molecule has 7 nitrogen and oxygen atoms in total. The molecule has 1 unspecified atom stereocenters. The molecule has 4 N–H and O–H groups in total. The smallest absolute Gasteiger partial charge is 0.328 e. The van der Waals surface area contributed by atoms with Crippen LogP contribution in [0.25, 0.3) is 10.4 Å². The van der Waals surface area contributed by atoms with E-state index in [9.17, 15) is 23.4 Å². The Morgan fingerprint density at radius 1 is 1.00 bits per heavy atom. The Bertz CT molecular complexity index is 1520. The van der Waals surface area contributed by atoms with Crippen molar-refractivity contribution >= 4 is 27.4 Å². The van der Waals surface area contributed by atoms with Gasteiger partial charge < -0.3 is 15.5 Å². The Kier molecular flexibility index (Phi) is 9.53. The Hall–Kier alpha value is -2.20. The number of hydrogen-bond donors (Lipinski definition) is 4. The molecule has 252 valence electrons. The second kappa shape index (κ2) is 13.0. The second-order valence-electron chi connectivity index (χ2n) is 15.3. The van der Waals surface area contributed by atoms with Crippen molar-refractivity contribution in [3.8, 4) is 10.4 Å². The standard InChI is InChI=1S/C37H52N2O5S2/c1-5-9-26-30-22-25(40)16-19-37(30,4)29-17-20-36(3)27(12-13-28(36)33(29)34(26)41)23(2)18-21-38-35(42)39-46(43,44)32-15-14-31(45-32)24-10-7-6-8-11-24/h5-11,14-15,23,25-30,33-34,40-41H,12-13,16-22H2,1-4H3,(H2,38,39,42)/b9-5-/t23-,25-,26?,27-,28+,29+,30+,33+,34-,36-,37-/m1/s1. The number of aliphatic hydroxyl groups excluding tert-OH is 2. The molecule has 6 rings (SSSR count). The fourth-order valence-electron chi connectivity index (χ4n) is 10.8. The van der Waals surface area contributed by atoms with Gasteiger partial charge in [-0.25, -0.2) is 17.9 Å². The van der Waals surface area contributed by atoms with E-state index in [0.717, 1.165) is 73.1 Å². The third-order valence-electron chi connectivity index (χ3n) is 13.0. The first kappa shape index (κ1) is 33.7. The lowest BCUT2D eigenvalue weighted by Crippen LogP contribution is -2.62. The molecule has 46 heavy (non-hydrogen) atoms. The van der Waals surface area contributed by atoms with Crippen LogP contribution < -0.4 is 10.0 Å². The quantitative estimate of drug-likeness (QED) is 0.222. The van der Waals surface area contributed by atoms with Crippen molar-refractivity contribution in [2.24, 2.45) is 52.3 Å². The molecule has 9 heteroatoms. The number of amides is 2. The largest absolute Gasteiger partial charge is 0.393 e. The topological polar surface area (TPSA) is 116 Å². The number of urea groups is 1. The third kappa shape index (κ3) is 5.99. The third-order valence-corrected chi connectivity index (χ3v) is 16.0. The molecular formula is C37H52N2O5S2. The maximum atomic E-state index is 12.9. The minimum Gasteiger partial charge on any atom is -0.393 e. The minimum absolute atomic E-state index is 0.0862. The molecule has 0 bridgehead atoms. The van der Waals surface area contributed by atoms with Crippen molar-refractivity contribution in [3.63, 3.8) is 0 Å². The molecule has 0 spiro atoms. The molecule has 4 aliphatic rings. The van der Waals surface area contributed by atoms with Gasteiger partial charge in [-0.15, -0.1) is 11.3 Å². The van der Waals surface area contributed by atoms with Crippen LogP contribution in [0, 0.1) is 52.3 Å². The second-order valence-corrected chi connectivity index (χ2v) is 18.3. The van der Waals surface area contributed by atoms with Gasteiger partial charge in [-0.1, -0.05) is 63.3 Å². The molecule has 4 saturated carbocycles. The fraction of sp³-hybridized carbons (Fsp3) is 0.649. The lowest BCUT2D eigenvalue weighted by atomic mass is 9.41. The summed E-state index contributed by atoms with van der Waals surface area (Å²) in [6, 6.07) is 12.2. The molecule has 1 aromatic heterocycles. The van der Waals surface area contributed by atoms with Crippen LogP contribution in [-0.2, 0) is 10.0 Å². The van der Waals surface area contributed by atoms with Crippen molar-refractivity contribution < 1.29 is 23.4 Å². The molecule has 0 radical (unpaired) electrons. The van der Waals surface area contributed by atoms with Crippen molar-refractivity contribution in [1.82, 2.24) is 10.0 Å². The van der Waals surface area contributed by atoms with E-state index in [1.54, 1.807) is 12.1 Å². The first-order valence-electron chi connectivity index (χ1n) is 17.3. The van der Waals surface area contributed by atoms with E-state index in [1.165, 1.54) is 0 Å². The summed E-state index contributed by atoms with van der Waals surface area (Å²) in [6.45, 7) is 9.63. The van der Waals surface area contributed by atoms with Crippen LogP contribution in [0.5, 0.6) is 0 Å². The number of benzene rings is 1. The van der Waals surface area contributed by atoms with Crippen LogP contribution in [0.4, 0.5) is 4.79 Å². The van der Waals surface area contributed by atoms with Crippen LogP contribution in [-0.4, -0.2) is 43.4 Å². The van der Waals surface area contributed by atoms with Gasteiger partial charge in [0.1, 0.15) is 4.21 Å². The van der Waals surface area contributed by atoms with Crippen molar-refractivity contribution in [3.05, 3.63) is 54.6 Å². The highest BCUT2D eigenvalue weighted by Crippen LogP contribution is 2.69. The number of hydrogen-bond acceptors (Lipinski definition) is 6. The first-order chi connectivity index (χ1) is 21.9. The van der Waals surface area contributed by atoms with Crippen LogP contribution >= 0.6 is 11.3 Å². The van der Waals surface area contributed by atoms with Gasteiger partial charge in [0.25, 0.3) is 10.0 Å². The highest BCUT2D eigenvalue weighted by molar-refractivity contribution is 7.92. The average molecular weight is 669 g/mol. The van der Waals surface area contributed by atoms with E-state index < -0.39 is 16.1 Å². The van der Waals surface area contributed by atoms with Gasteiger partial charge in [-0.2, -0.15) is 0 Å². The highest BCUT2D eigenvalue weighted by atomic mass is 32.2. The summed E-state index contributed by atoms with van der Waals surface area (Å²) in [4.78, 5) is 13.5. The molecule has 2 amide bonds. The maximum Gasteiger partial charge on any atom is 0.328 e. The van der Waals surface area contributed by atoms with Crippen LogP contribution in [0.1, 0.15) is 79.1 Å². The lowest BCUT2D eigenvalue weighted by molar-refractivity contribution is -0.193. The number of aliphatic hydroxyl groups is 2. The maximum absolute atomic E-state index is 12.9. The average Bonchev–Trinajstić information content (AvgIpc) is 3.66. The number of carbonyl (C=O) groups excluding carboxylic acids is 1. The molecule has 0 aliphatic heterocycles. The van der Waals surface area contributed by atoms with Gasteiger partial charge in [0.15, 0.2) is 0 Å². The van der Waals surface area contributed by atoms with Gasteiger partial charge in [0.2, 0.25) is 0 Å². The monoisotopic (exact) mass is 668 g/mol. The summed E-state index contributed by atoms with van der Waals surface area (Å²) in [5, 5.41) is 25.4. The zero-order valence-electron chi connectivity index (χ0n) is 27.7. The predicted molar refractivity (Wildman–Crippen MR) is 184 cm³/mol. The Morgan fingerprint density at radius 2 is 1.72 bits per heavy atom. The molecule has 1 aromatic carbocycles. The van der Waals surface area contributed by atoms with Crippen LogP contribution in [0.2, 0.25) is 0 Å². The van der Waals surface area contributed by atoms with Gasteiger partial charge in [-0.05, 0) is 122 Å². The minimum atomic E-state index is -3.97. The number of rotatable bonds is 8. The summed E-state index contributed by atoms with van der Waals surface area (Å²) < 4.78 is 28.2. The fourth-order valence-corrected chi connectivity index (χ4v) is 13.1. The molecule has 4 aliphatic carbocycles. The van der Waals surface area contributed by atoms with E-state index in [1.807, 2.05) is 37.3 Å². The zero-order valence-corrected chi connectivity index (χ0v) is 29.3. The van der Waals surface area contributed by atoms with E-state index in [2.05, 4.69) is 43.0 Å². The normalized spacial score (nSPS) is 38.0. The number of allylic oxidation sites excluding steroid dienone is 1. The van der Waals surface area contributed by atoms with E-state index in [4.69, 9.17) is 0 Å². The Morgan fingerprint density at radius 3 is 2.46 bits per heavy atom. The van der Waals surface area contributed by atoms with Crippen LogP contribution in [0.3, 0.4) is 0 Å². The SMILES string of the molecule is C/C=C\C1[C@@H](O)[C@@H]2[C@H](CC[C@]3(C)[C@@H]([C@H](C)CCNC(=O)NS(=O)(=O)c4ccc(-c5ccccc5)s4)CC[C@@H]23)[C@@]2(C)CC[C@@H](O)C[C@@H]12. The summed E-state index contributed by atoms with van der Waals surface area (Å²) in [5.41, 5.74) is 1.20. The summed E-state index contributed by atoms with van der Waals surface area (Å²) in [7, 11) is -3.97. The molecular weight excluding hydrogens is 617 g/mol. The number of thiophene rings is 1. The summed E-state index contributed by atoms with van der Waals surface area (Å²) in [6.07, 6.45) is 11.6. The Balaban J connectivity index is 1.07. The van der Waals surface area contributed by atoms with Crippen molar-refractivity contribution in [2.45, 2.75) is 95.5 Å². The first-order valence-corrected chi connectivity index (χ1v) is 19.6. The van der Waals surface area contributed by atoms with Crippen molar-refractivity contribution in [1.29, 1.82) is 0 Å². The van der Waals surface area contributed by atoms with Crippen LogP contribution in [0.15, 0.2) is 58.8 Å². The number of fused-ring (bicyclic) bond motifs is 5. The molecule has 1 heterocycles. The summed E-state index contributed by atoms with van der Waals surface area (Å²) >= 11 is 1.14. The van der Waals surface area contributed by atoms with Gasteiger partial charge in [-0.3, -0.25) is 0 Å². The zero-order chi connectivity index (χ0) is 32.9. The van der Waals surface area contributed by atoms with Crippen molar-refractivity contribution in [2.75, 3.05) is 6.54 Å². The molecule has 11 atom stereocenters. The number of carbonyl (C=O) groups is 1. The molecule has 0 saturated heterocycles. The van der Waals surface area contributed by atoms with E-state index in [-0.39, 0.29) is 39.1 Å². The van der Waals surface area contributed by atoms with Gasteiger partial charge >= 0.3 is 6.03 Å². The van der Waals surface area contributed by atoms with E-state index in [0.29, 0.717) is 36.1 Å². The highest BCUT2D eigenvalue weighted by Gasteiger charge is 2.64. The van der Waals surface area contributed by atoms with Gasteiger partial charge in [0, 0.05) is 17.3 Å². The summed E-state index contributed by atoms with van der Waals surface area (Å²) in [5.74, 6) is 2.45. The van der Waals surface area contributed by atoms with E-state index >= 15 is 0 Å². The lowest BCUT2D eigenvalue weighted by Gasteiger charge is -2.64. The number of nitrogens with one attached hydrogen (secondary N) is 2. The predicted octanol–water partition coefficient (Wildman–Crippen LogP) is 7.22. The Labute approximate surface area is 279 Å². The molecule has 4 fully saturated rings. The molecule has 2 aromatic rings. The van der Waals surface area contributed by atoms with Gasteiger partial charge in [0.05, 0.1) is 12.2 Å². The number of sulfonamides is 1.